The molecule has 0 unspecified atom stereocenters. The minimum atomic E-state index is -0.0720. The maximum absolute atomic E-state index is 5.79. The first-order chi connectivity index (χ1) is 5.56. The van der Waals surface area contributed by atoms with Gasteiger partial charge >= 0.3 is 0 Å². The lowest BCUT2D eigenvalue weighted by Crippen LogP contribution is -2.31. The van der Waals surface area contributed by atoms with E-state index in [0.717, 1.165) is 25.9 Å². The average molecular weight is 169 g/mol. The molecule has 0 bridgehead atoms. The molecule has 0 aliphatic heterocycles. The molecule has 0 rings (SSSR count). The summed E-state index contributed by atoms with van der Waals surface area (Å²) in [5.74, 6) is 0. The van der Waals surface area contributed by atoms with Crippen LogP contribution in [0.5, 0.6) is 0 Å². The molecule has 3 nitrogen and oxygen atoms in total. The van der Waals surface area contributed by atoms with Crippen LogP contribution in [0.4, 0.5) is 0 Å². The van der Waals surface area contributed by atoms with E-state index in [2.05, 4.69) is 16.0 Å². The van der Waals surface area contributed by atoms with Crippen molar-refractivity contribution in [1.82, 2.24) is 0 Å². The summed E-state index contributed by atoms with van der Waals surface area (Å²) in [6.45, 7) is 7.55. The lowest BCUT2D eigenvalue weighted by molar-refractivity contribution is 0.463. The van der Waals surface area contributed by atoms with E-state index >= 15 is 0 Å². The first kappa shape index (κ1) is 11.3. The van der Waals surface area contributed by atoms with Gasteiger partial charge in [-0.1, -0.05) is 0 Å². The second kappa shape index (κ2) is 5.92. The number of aliphatic imine (C=N–C) groups is 2. The van der Waals surface area contributed by atoms with E-state index in [1.807, 2.05) is 20.8 Å². The van der Waals surface area contributed by atoms with Crippen LogP contribution >= 0.6 is 0 Å². The molecule has 12 heavy (non-hydrogen) atoms. The van der Waals surface area contributed by atoms with Crippen molar-refractivity contribution in [3.8, 4) is 0 Å². The molecule has 70 valence electrons. The van der Waals surface area contributed by atoms with Gasteiger partial charge < -0.3 is 5.73 Å². The predicted octanol–water partition coefficient (Wildman–Crippen LogP) is 1.70. The molecular formula is C9H19N3. The van der Waals surface area contributed by atoms with E-state index in [4.69, 9.17) is 5.73 Å². The van der Waals surface area contributed by atoms with Gasteiger partial charge in [0.15, 0.2) is 0 Å². The Hall–Kier alpha value is -0.660. The van der Waals surface area contributed by atoms with Crippen molar-refractivity contribution in [3.63, 3.8) is 0 Å². The van der Waals surface area contributed by atoms with Crippen molar-refractivity contribution in [3.05, 3.63) is 0 Å². The quantitative estimate of drug-likeness (QED) is 0.494. The summed E-state index contributed by atoms with van der Waals surface area (Å²) in [6, 6.07) is 2.63. The van der Waals surface area contributed by atoms with Gasteiger partial charge in [0.25, 0.3) is 0 Å². The minimum absolute atomic E-state index is 0.0720. The van der Waals surface area contributed by atoms with Crippen molar-refractivity contribution < 1.29 is 0 Å². The molecule has 2 N–H and O–H groups in total. The Morgan fingerprint density at radius 3 is 2.50 bits per heavy atom. The molecule has 0 radical (unpaired) electrons. The Labute approximate surface area is 74.8 Å². The zero-order valence-electron chi connectivity index (χ0n) is 8.30. The smallest absolute Gasteiger partial charge is 0.0892 e. The molecule has 0 spiro atoms. The Morgan fingerprint density at radius 1 is 1.33 bits per heavy atom. The SMILES string of the molecule is CCN=C=NCCCC(C)(C)N. The van der Waals surface area contributed by atoms with Gasteiger partial charge in [0, 0.05) is 18.6 Å². The zero-order valence-corrected chi connectivity index (χ0v) is 8.30. The summed E-state index contributed by atoms with van der Waals surface area (Å²) in [7, 11) is 0. The predicted molar refractivity (Wildman–Crippen MR) is 52.8 cm³/mol. The molecular weight excluding hydrogens is 150 g/mol. The van der Waals surface area contributed by atoms with Crippen LogP contribution in [0.3, 0.4) is 0 Å². The summed E-state index contributed by atoms with van der Waals surface area (Å²) in [4.78, 5) is 7.85. The standard InChI is InChI=1S/C9H19N3/c1-4-11-8-12-7-5-6-9(2,3)10/h4-7,10H2,1-3H3. The Kier molecular flexibility index (Phi) is 5.60. The number of rotatable bonds is 5. The van der Waals surface area contributed by atoms with Gasteiger partial charge in [-0.3, -0.25) is 0 Å². The van der Waals surface area contributed by atoms with Crippen LogP contribution in [0, 0.1) is 0 Å². The van der Waals surface area contributed by atoms with Crippen LogP contribution in [0.1, 0.15) is 33.6 Å². The van der Waals surface area contributed by atoms with Crippen LogP contribution < -0.4 is 5.73 Å². The Morgan fingerprint density at radius 2 is 2.00 bits per heavy atom. The van der Waals surface area contributed by atoms with Crippen molar-refractivity contribution >= 4 is 6.01 Å². The third-order valence-corrected chi connectivity index (χ3v) is 1.39. The minimum Gasteiger partial charge on any atom is -0.326 e. The van der Waals surface area contributed by atoms with Crippen molar-refractivity contribution in [2.45, 2.75) is 39.2 Å². The van der Waals surface area contributed by atoms with Crippen molar-refractivity contribution in [2.24, 2.45) is 15.7 Å². The molecule has 0 heterocycles. The molecule has 0 aromatic heterocycles. The number of hydrogen-bond donors (Lipinski definition) is 1. The van der Waals surface area contributed by atoms with E-state index in [0.29, 0.717) is 0 Å². The summed E-state index contributed by atoms with van der Waals surface area (Å²) in [6.07, 6.45) is 2.00. The van der Waals surface area contributed by atoms with Gasteiger partial charge in [0.2, 0.25) is 0 Å². The summed E-state index contributed by atoms with van der Waals surface area (Å²) >= 11 is 0. The summed E-state index contributed by atoms with van der Waals surface area (Å²) < 4.78 is 0. The topological polar surface area (TPSA) is 50.7 Å². The first-order valence-electron chi connectivity index (χ1n) is 4.43. The van der Waals surface area contributed by atoms with Gasteiger partial charge in [-0.15, -0.1) is 0 Å². The van der Waals surface area contributed by atoms with Gasteiger partial charge in [0.1, 0.15) is 0 Å². The van der Waals surface area contributed by atoms with E-state index in [1.165, 1.54) is 0 Å². The third-order valence-electron chi connectivity index (χ3n) is 1.39. The molecule has 0 aromatic rings. The van der Waals surface area contributed by atoms with Gasteiger partial charge in [0.05, 0.1) is 6.01 Å². The molecule has 0 aliphatic rings. The molecule has 0 saturated carbocycles. The lowest BCUT2D eigenvalue weighted by atomic mass is 10.0. The molecule has 0 fully saturated rings. The van der Waals surface area contributed by atoms with Crippen LogP contribution in [0.15, 0.2) is 9.98 Å². The van der Waals surface area contributed by atoms with Crippen LogP contribution in [-0.4, -0.2) is 24.6 Å². The second-order valence-electron chi connectivity index (χ2n) is 3.55. The number of hydrogen-bond acceptors (Lipinski definition) is 3. The molecule has 0 atom stereocenters. The molecule has 3 heteroatoms. The largest absolute Gasteiger partial charge is 0.326 e. The highest BCUT2D eigenvalue weighted by molar-refractivity contribution is 5.40. The lowest BCUT2D eigenvalue weighted by Gasteiger charge is -2.16. The average Bonchev–Trinajstić information content (AvgIpc) is 1.94. The normalized spacial score (nSPS) is 10.7. The highest BCUT2D eigenvalue weighted by Gasteiger charge is 2.08. The highest BCUT2D eigenvalue weighted by Crippen LogP contribution is 2.06. The third kappa shape index (κ3) is 9.34. The molecule has 0 amide bonds. The molecule has 0 saturated heterocycles. The van der Waals surface area contributed by atoms with Gasteiger partial charge in [-0.25, -0.2) is 9.98 Å². The fourth-order valence-electron chi connectivity index (χ4n) is 0.784. The van der Waals surface area contributed by atoms with E-state index in [1.54, 1.807) is 0 Å². The van der Waals surface area contributed by atoms with E-state index < -0.39 is 0 Å². The van der Waals surface area contributed by atoms with Gasteiger partial charge in [-0.05, 0) is 33.6 Å². The fraction of sp³-hybridized carbons (Fsp3) is 0.889. The number of nitrogens with two attached hydrogens (primary N) is 1. The van der Waals surface area contributed by atoms with Crippen LogP contribution in [0.25, 0.3) is 0 Å². The van der Waals surface area contributed by atoms with Gasteiger partial charge in [-0.2, -0.15) is 0 Å². The molecule has 0 aliphatic carbocycles. The van der Waals surface area contributed by atoms with Crippen molar-refractivity contribution in [1.29, 1.82) is 0 Å². The van der Waals surface area contributed by atoms with E-state index in [-0.39, 0.29) is 5.54 Å². The molecule has 0 aromatic carbocycles. The highest BCUT2D eigenvalue weighted by atomic mass is 14.8. The monoisotopic (exact) mass is 169 g/mol. The maximum atomic E-state index is 5.79. The van der Waals surface area contributed by atoms with E-state index in [9.17, 15) is 0 Å². The van der Waals surface area contributed by atoms with Crippen LogP contribution in [0.2, 0.25) is 0 Å². The first-order valence-corrected chi connectivity index (χ1v) is 4.43. The number of nitrogens with zero attached hydrogens (tertiary/aromatic N) is 2. The van der Waals surface area contributed by atoms with Crippen molar-refractivity contribution in [2.75, 3.05) is 13.1 Å². The Balaban J connectivity index is 3.39. The maximum Gasteiger partial charge on any atom is 0.0892 e. The summed E-state index contributed by atoms with van der Waals surface area (Å²) in [5, 5.41) is 0. The zero-order chi connectivity index (χ0) is 9.45. The fourth-order valence-corrected chi connectivity index (χ4v) is 0.784. The Bertz CT molecular complexity index is 161. The second-order valence-corrected chi connectivity index (χ2v) is 3.55. The summed E-state index contributed by atoms with van der Waals surface area (Å²) in [5.41, 5.74) is 5.72. The van der Waals surface area contributed by atoms with Crippen LogP contribution in [-0.2, 0) is 0 Å².